The van der Waals surface area contributed by atoms with Gasteiger partial charge in [0.15, 0.2) is 0 Å². The molecule has 0 spiro atoms. The molecule has 0 radical (unpaired) electrons. The zero-order valence-corrected chi connectivity index (χ0v) is 8.85. The van der Waals surface area contributed by atoms with Crippen LogP contribution in [0.15, 0.2) is 0 Å². The van der Waals surface area contributed by atoms with E-state index < -0.39 is 0 Å². The van der Waals surface area contributed by atoms with E-state index in [0.29, 0.717) is 6.04 Å². The third-order valence-electron chi connectivity index (χ3n) is 1.18. The molecule has 0 saturated heterocycles. The van der Waals surface area contributed by atoms with E-state index in [1.54, 1.807) is 0 Å². The smallest absolute Gasteiger partial charge is 0.00361 e. The van der Waals surface area contributed by atoms with Crippen molar-refractivity contribution in [3.05, 3.63) is 0 Å². The zero-order valence-electron chi connectivity index (χ0n) is 8.85. The summed E-state index contributed by atoms with van der Waals surface area (Å²) in [5, 5.41) is 0. The lowest BCUT2D eigenvalue weighted by molar-refractivity contribution is 0.587. The van der Waals surface area contributed by atoms with E-state index in [0.717, 1.165) is 12.3 Å². The second-order valence-corrected chi connectivity index (χ2v) is 3.69. The summed E-state index contributed by atoms with van der Waals surface area (Å²) in [6.07, 6.45) is 3.51. The van der Waals surface area contributed by atoms with Crippen LogP contribution < -0.4 is 5.73 Å². The summed E-state index contributed by atoms with van der Waals surface area (Å²) < 4.78 is 0. The van der Waals surface area contributed by atoms with Crippen molar-refractivity contribution >= 4 is 0 Å². The molecule has 0 aliphatic rings. The standard InChI is InChI=1S/C6H15N.C4H10/c1-3-5-6(7)4-2;1-4(2)3/h6H,3-5,7H2,1-2H3;4H,1-3H3. The van der Waals surface area contributed by atoms with Crippen LogP contribution in [0.25, 0.3) is 0 Å². The van der Waals surface area contributed by atoms with Crippen LogP contribution in [0.2, 0.25) is 0 Å². The maximum absolute atomic E-state index is 5.58. The average molecular weight is 159 g/mol. The van der Waals surface area contributed by atoms with Gasteiger partial charge in [0, 0.05) is 6.04 Å². The summed E-state index contributed by atoms with van der Waals surface area (Å²) >= 11 is 0. The van der Waals surface area contributed by atoms with Crippen LogP contribution in [0.4, 0.5) is 0 Å². The van der Waals surface area contributed by atoms with Gasteiger partial charge in [-0.1, -0.05) is 41.0 Å². The molecule has 0 fully saturated rings. The van der Waals surface area contributed by atoms with Crippen molar-refractivity contribution in [3.8, 4) is 0 Å². The molecule has 1 unspecified atom stereocenters. The van der Waals surface area contributed by atoms with Gasteiger partial charge in [-0.25, -0.2) is 0 Å². The van der Waals surface area contributed by atoms with Gasteiger partial charge in [0.2, 0.25) is 0 Å². The molecule has 0 heterocycles. The number of hydrogen-bond acceptors (Lipinski definition) is 1. The third kappa shape index (κ3) is 25.7. The molecule has 0 bridgehead atoms. The van der Waals surface area contributed by atoms with Crippen LogP contribution in [-0.4, -0.2) is 6.04 Å². The zero-order chi connectivity index (χ0) is 9.28. The van der Waals surface area contributed by atoms with E-state index in [-0.39, 0.29) is 0 Å². The molecule has 0 aliphatic heterocycles. The molecule has 2 N–H and O–H groups in total. The maximum Gasteiger partial charge on any atom is 0.00361 e. The minimum absolute atomic E-state index is 0.449. The minimum Gasteiger partial charge on any atom is -0.328 e. The molecule has 0 saturated carbocycles. The van der Waals surface area contributed by atoms with E-state index in [2.05, 4.69) is 34.6 Å². The van der Waals surface area contributed by atoms with Gasteiger partial charge in [-0.15, -0.1) is 0 Å². The first-order valence-corrected chi connectivity index (χ1v) is 4.80. The molecule has 0 amide bonds. The normalized spacial score (nSPS) is 12.3. The highest BCUT2D eigenvalue weighted by molar-refractivity contribution is 4.54. The van der Waals surface area contributed by atoms with Gasteiger partial charge >= 0.3 is 0 Å². The van der Waals surface area contributed by atoms with Crippen molar-refractivity contribution in [1.29, 1.82) is 0 Å². The summed E-state index contributed by atoms with van der Waals surface area (Å²) in [4.78, 5) is 0. The predicted octanol–water partition coefficient (Wildman–Crippen LogP) is 3.19. The van der Waals surface area contributed by atoms with Gasteiger partial charge in [0.05, 0.1) is 0 Å². The minimum atomic E-state index is 0.449. The molecular weight excluding hydrogens is 134 g/mol. The van der Waals surface area contributed by atoms with Gasteiger partial charge in [-0.2, -0.15) is 0 Å². The SMILES string of the molecule is CC(C)C.CCCC(N)CC. The molecule has 1 heteroatoms. The average Bonchev–Trinajstić information content (AvgIpc) is 1.87. The fourth-order valence-corrected chi connectivity index (χ4v) is 0.575. The first-order valence-electron chi connectivity index (χ1n) is 4.80. The molecular formula is C10H25N. The maximum atomic E-state index is 5.58. The monoisotopic (exact) mass is 159 g/mol. The summed E-state index contributed by atoms with van der Waals surface area (Å²) in [5.74, 6) is 0.833. The fourth-order valence-electron chi connectivity index (χ4n) is 0.575. The Morgan fingerprint density at radius 1 is 1.09 bits per heavy atom. The summed E-state index contributed by atoms with van der Waals surface area (Å²) in [6.45, 7) is 10.8. The molecule has 0 aromatic rings. The van der Waals surface area contributed by atoms with Crippen LogP contribution in [0.5, 0.6) is 0 Å². The highest BCUT2D eigenvalue weighted by Crippen LogP contribution is 1.95. The van der Waals surface area contributed by atoms with Gasteiger partial charge < -0.3 is 5.73 Å². The molecule has 1 nitrogen and oxygen atoms in total. The topological polar surface area (TPSA) is 26.0 Å². The van der Waals surface area contributed by atoms with E-state index in [1.165, 1.54) is 12.8 Å². The first kappa shape index (κ1) is 13.5. The fraction of sp³-hybridized carbons (Fsp3) is 1.00. The lowest BCUT2D eigenvalue weighted by Gasteiger charge is -2.03. The second kappa shape index (κ2) is 9.96. The van der Waals surface area contributed by atoms with Gasteiger partial charge in [-0.3, -0.25) is 0 Å². The molecule has 0 rings (SSSR count). The molecule has 11 heavy (non-hydrogen) atoms. The predicted molar refractivity (Wildman–Crippen MR) is 53.7 cm³/mol. The van der Waals surface area contributed by atoms with Gasteiger partial charge in [-0.05, 0) is 18.8 Å². The van der Waals surface area contributed by atoms with Crippen molar-refractivity contribution < 1.29 is 0 Å². The first-order chi connectivity index (χ1) is 5.04. The van der Waals surface area contributed by atoms with Crippen LogP contribution >= 0.6 is 0 Å². The van der Waals surface area contributed by atoms with Gasteiger partial charge in [0.25, 0.3) is 0 Å². The quantitative estimate of drug-likeness (QED) is 0.672. The third-order valence-corrected chi connectivity index (χ3v) is 1.18. The Morgan fingerprint density at radius 2 is 1.45 bits per heavy atom. The lowest BCUT2D eigenvalue weighted by atomic mass is 10.1. The Bertz CT molecular complexity index is 57.1. The summed E-state index contributed by atoms with van der Waals surface area (Å²) in [6, 6.07) is 0.449. The Balaban J connectivity index is 0. The summed E-state index contributed by atoms with van der Waals surface area (Å²) in [7, 11) is 0. The van der Waals surface area contributed by atoms with E-state index in [1.807, 2.05) is 0 Å². The largest absolute Gasteiger partial charge is 0.328 e. The van der Waals surface area contributed by atoms with Crippen molar-refractivity contribution in [2.75, 3.05) is 0 Å². The summed E-state index contributed by atoms with van der Waals surface area (Å²) in [5.41, 5.74) is 5.58. The van der Waals surface area contributed by atoms with Crippen molar-refractivity contribution in [3.63, 3.8) is 0 Å². The van der Waals surface area contributed by atoms with Crippen molar-refractivity contribution in [2.24, 2.45) is 11.7 Å². The Kier molecular flexibility index (Phi) is 12.3. The molecule has 1 atom stereocenters. The number of nitrogens with two attached hydrogens (primary N) is 1. The second-order valence-electron chi connectivity index (χ2n) is 3.69. The van der Waals surface area contributed by atoms with Gasteiger partial charge in [0.1, 0.15) is 0 Å². The Labute approximate surface area is 72.4 Å². The Morgan fingerprint density at radius 3 is 1.55 bits per heavy atom. The molecule has 0 aliphatic carbocycles. The van der Waals surface area contributed by atoms with Crippen LogP contribution in [0.3, 0.4) is 0 Å². The van der Waals surface area contributed by atoms with E-state index in [9.17, 15) is 0 Å². The van der Waals surface area contributed by atoms with Crippen LogP contribution in [0.1, 0.15) is 53.9 Å². The lowest BCUT2D eigenvalue weighted by Crippen LogP contribution is -2.17. The molecule has 70 valence electrons. The highest BCUT2D eigenvalue weighted by atomic mass is 14.6. The highest BCUT2D eigenvalue weighted by Gasteiger charge is 1.92. The number of hydrogen-bond donors (Lipinski definition) is 1. The molecule has 0 aromatic heterocycles. The van der Waals surface area contributed by atoms with Crippen molar-refractivity contribution in [1.82, 2.24) is 0 Å². The van der Waals surface area contributed by atoms with Crippen molar-refractivity contribution in [2.45, 2.75) is 59.9 Å². The van der Waals surface area contributed by atoms with Crippen LogP contribution in [-0.2, 0) is 0 Å². The Hall–Kier alpha value is -0.0400. The number of rotatable bonds is 3. The van der Waals surface area contributed by atoms with E-state index in [4.69, 9.17) is 5.73 Å². The molecule has 0 aromatic carbocycles. The van der Waals surface area contributed by atoms with Crippen LogP contribution in [0, 0.1) is 5.92 Å². The van der Waals surface area contributed by atoms with E-state index >= 15 is 0 Å².